The highest BCUT2D eigenvalue weighted by molar-refractivity contribution is 5.46. The molecule has 0 aliphatic carbocycles. The summed E-state index contributed by atoms with van der Waals surface area (Å²) in [6.45, 7) is 3.34. The fourth-order valence-electron chi connectivity index (χ4n) is 1.09. The molecule has 0 aliphatic heterocycles. The smallest absolute Gasteiger partial charge is 0.255 e. The van der Waals surface area contributed by atoms with Gasteiger partial charge in [0.25, 0.3) is 5.89 Å². The minimum Gasteiger partial charge on any atom is -0.384 e. The van der Waals surface area contributed by atoms with Gasteiger partial charge in [0, 0.05) is 6.20 Å². The predicted octanol–water partition coefficient (Wildman–Crippen LogP) is 0.888. The van der Waals surface area contributed by atoms with Gasteiger partial charge in [-0.15, -0.1) is 0 Å². The van der Waals surface area contributed by atoms with Crippen LogP contribution in [-0.4, -0.2) is 25.2 Å². The maximum atomic E-state index is 9.21. The summed E-state index contributed by atoms with van der Waals surface area (Å²) in [4.78, 5) is 12.1. The van der Waals surface area contributed by atoms with E-state index in [9.17, 15) is 5.11 Å². The molecule has 0 fully saturated rings. The van der Waals surface area contributed by atoms with Gasteiger partial charge in [-0.1, -0.05) is 5.16 Å². The van der Waals surface area contributed by atoms with Crippen LogP contribution in [-0.2, 0) is 0 Å². The number of rotatable bonds is 2. The first kappa shape index (κ1) is 9.72. The lowest BCUT2D eigenvalue weighted by molar-refractivity contribution is 0.152. The van der Waals surface area contributed by atoms with Crippen molar-refractivity contribution in [1.29, 1.82) is 0 Å². The van der Waals surface area contributed by atoms with Crippen LogP contribution in [0.15, 0.2) is 16.8 Å². The first-order valence-corrected chi connectivity index (χ1v) is 4.48. The van der Waals surface area contributed by atoms with Crippen molar-refractivity contribution in [2.75, 3.05) is 0 Å². The molecule has 0 amide bonds. The Bertz CT molecular complexity index is 467. The SMILES string of the molecule is Cc1nccc(-c2noc(C(C)O)n2)n1. The minimum atomic E-state index is -0.769. The van der Waals surface area contributed by atoms with Crippen molar-refractivity contribution >= 4 is 0 Å². The summed E-state index contributed by atoms with van der Waals surface area (Å²) in [6.07, 6.45) is 0.852. The molecule has 0 aliphatic rings. The Morgan fingerprint density at radius 2 is 2.20 bits per heavy atom. The van der Waals surface area contributed by atoms with Gasteiger partial charge in [0.15, 0.2) is 0 Å². The van der Waals surface area contributed by atoms with Crippen LogP contribution >= 0.6 is 0 Å². The van der Waals surface area contributed by atoms with Crippen LogP contribution in [0, 0.1) is 6.92 Å². The minimum absolute atomic E-state index is 0.182. The van der Waals surface area contributed by atoms with Crippen molar-refractivity contribution in [3.8, 4) is 11.5 Å². The summed E-state index contributed by atoms with van der Waals surface area (Å²) >= 11 is 0. The van der Waals surface area contributed by atoms with E-state index in [2.05, 4.69) is 20.1 Å². The summed E-state index contributed by atoms with van der Waals surface area (Å²) in [7, 11) is 0. The lowest BCUT2D eigenvalue weighted by Gasteiger charge is -1.94. The second-order valence-corrected chi connectivity index (χ2v) is 3.12. The monoisotopic (exact) mass is 206 g/mol. The van der Waals surface area contributed by atoms with E-state index in [-0.39, 0.29) is 5.89 Å². The predicted molar refractivity (Wildman–Crippen MR) is 50.7 cm³/mol. The lowest BCUT2D eigenvalue weighted by atomic mass is 10.3. The highest BCUT2D eigenvalue weighted by Crippen LogP contribution is 2.15. The maximum Gasteiger partial charge on any atom is 0.255 e. The molecule has 6 nitrogen and oxygen atoms in total. The molecule has 2 aromatic rings. The van der Waals surface area contributed by atoms with Crippen molar-refractivity contribution in [2.45, 2.75) is 20.0 Å². The molecule has 2 heterocycles. The van der Waals surface area contributed by atoms with Gasteiger partial charge in [0.2, 0.25) is 5.82 Å². The zero-order chi connectivity index (χ0) is 10.8. The van der Waals surface area contributed by atoms with Crippen LogP contribution in [0.1, 0.15) is 24.7 Å². The van der Waals surface area contributed by atoms with Crippen molar-refractivity contribution in [3.63, 3.8) is 0 Å². The van der Waals surface area contributed by atoms with Gasteiger partial charge in [-0.2, -0.15) is 4.98 Å². The van der Waals surface area contributed by atoms with Crippen molar-refractivity contribution in [2.24, 2.45) is 0 Å². The van der Waals surface area contributed by atoms with Crippen LogP contribution in [0.4, 0.5) is 0 Å². The summed E-state index contributed by atoms with van der Waals surface area (Å²) in [5.74, 6) is 1.17. The molecule has 0 saturated carbocycles. The van der Waals surface area contributed by atoms with E-state index in [4.69, 9.17) is 4.52 Å². The highest BCUT2D eigenvalue weighted by Gasteiger charge is 2.13. The molecule has 0 bridgehead atoms. The number of aliphatic hydroxyl groups excluding tert-OH is 1. The first-order valence-electron chi connectivity index (χ1n) is 4.48. The molecule has 2 rings (SSSR count). The number of hydrogen-bond donors (Lipinski definition) is 1. The van der Waals surface area contributed by atoms with Crippen LogP contribution in [0.25, 0.3) is 11.5 Å². The third kappa shape index (κ3) is 1.99. The standard InChI is InChI=1S/C9H10N4O2/c1-5(14)9-12-8(13-15-9)7-3-4-10-6(2)11-7/h3-5,14H,1-2H3. The second-order valence-electron chi connectivity index (χ2n) is 3.12. The Kier molecular flexibility index (Phi) is 2.42. The lowest BCUT2D eigenvalue weighted by Crippen LogP contribution is -1.93. The van der Waals surface area contributed by atoms with Gasteiger partial charge in [-0.3, -0.25) is 0 Å². The zero-order valence-electron chi connectivity index (χ0n) is 8.38. The molecular formula is C9H10N4O2. The van der Waals surface area contributed by atoms with Crippen molar-refractivity contribution in [3.05, 3.63) is 24.0 Å². The van der Waals surface area contributed by atoms with Crippen molar-refractivity contribution < 1.29 is 9.63 Å². The number of aryl methyl sites for hydroxylation is 1. The molecule has 0 aromatic carbocycles. The van der Waals surface area contributed by atoms with Crippen LogP contribution in [0.3, 0.4) is 0 Å². The maximum absolute atomic E-state index is 9.21. The molecular weight excluding hydrogens is 196 g/mol. The van der Waals surface area contributed by atoms with E-state index in [1.807, 2.05) is 0 Å². The topological polar surface area (TPSA) is 84.9 Å². The number of hydrogen-bond acceptors (Lipinski definition) is 6. The number of aromatic nitrogens is 4. The Labute approximate surface area is 86.0 Å². The summed E-state index contributed by atoms with van der Waals surface area (Å²) in [5.41, 5.74) is 0.582. The van der Waals surface area contributed by atoms with Crippen molar-refractivity contribution in [1.82, 2.24) is 20.1 Å². The van der Waals surface area contributed by atoms with E-state index in [0.717, 1.165) is 0 Å². The van der Waals surface area contributed by atoms with E-state index in [0.29, 0.717) is 17.3 Å². The number of aliphatic hydroxyl groups is 1. The fourth-order valence-corrected chi connectivity index (χ4v) is 1.09. The summed E-state index contributed by atoms with van der Waals surface area (Å²) in [6, 6.07) is 1.68. The quantitative estimate of drug-likeness (QED) is 0.785. The molecule has 6 heteroatoms. The Balaban J connectivity index is 2.37. The fraction of sp³-hybridized carbons (Fsp3) is 0.333. The van der Waals surface area contributed by atoms with E-state index in [1.165, 1.54) is 0 Å². The molecule has 1 N–H and O–H groups in total. The molecule has 0 spiro atoms. The van der Waals surface area contributed by atoms with Gasteiger partial charge in [0.1, 0.15) is 17.6 Å². The Morgan fingerprint density at radius 1 is 1.40 bits per heavy atom. The molecule has 0 saturated heterocycles. The first-order chi connectivity index (χ1) is 7.16. The molecule has 1 unspecified atom stereocenters. The third-order valence-electron chi connectivity index (χ3n) is 1.80. The highest BCUT2D eigenvalue weighted by atomic mass is 16.5. The largest absolute Gasteiger partial charge is 0.384 e. The van der Waals surface area contributed by atoms with Crippen LogP contribution in [0.2, 0.25) is 0 Å². The molecule has 2 aromatic heterocycles. The summed E-state index contributed by atoms with van der Waals surface area (Å²) in [5, 5.41) is 12.9. The van der Waals surface area contributed by atoms with Crippen LogP contribution < -0.4 is 0 Å². The third-order valence-corrected chi connectivity index (χ3v) is 1.80. The van der Waals surface area contributed by atoms with Gasteiger partial charge in [-0.05, 0) is 19.9 Å². The Morgan fingerprint density at radius 3 is 2.80 bits per heavy atom. The van der Waals surface area contributed by atoms with Gasteiger partial charge in [0.05, 0.1) is 0 Å². The van der Waals surface area contributed by atoms with E-state index < -0.39 is 6.10 Å². The molecule has 0 radical (unpaired) electrons. The molecule has 15 heavy (non-hydrogen) atoms. The van der Waals surface area contributed by atoms with Gasteiger partial charge < -0.3 is 9.63 Å². The van der Waals surface area contributed by atoms with Crippen LogP contribution in [0.5, 0.6) is 0 Å². The normalized spacial score (nSPS) is 12.7. The zero-order valence-corrected chi connectivity index (χ0v) is 8.38. The van der Waals surface area contributed by atoms with Gasteiger partial charge in [-0.25, -0.2) is 9.97 Å². The molecule has 78 valence electrons. The second kappa shape index (κ2) is 3.74. The summed E-state index contributed by atoms with van der Waals surface area (Å²) < 4.78 is 4.85. The van der Waals surface area contributed by atoms with E-state index >= 15 is 0 Å². The number of nitrogens with zero attached hydrogens (tertiary/aromatic N) is 4. The molecule has 1 atom stereocenters. The Hall–Kier alpha value is -1.82. The van der Waals surface area contributed by atoms with Gasteiger partial charge >= 0.3 is 0 Å². The van der Waals surface area contributed by atoms with E-state index in [1.54, 1.807) is 26.1 Å². The average molecular weight is 206 g/mol. The average Bonchev–Trinajstić information content (AvgIpc) is 2.66.